The van der Waals surface area contributed by atoms with Crippen molar-refractivity contribution in [1.82, 2.24) is 19.5 Å². The monoisotopic (exact) mass is 434 g/mol. The van der Waals surface area contributed by atoms with E-state index in [0.717, 1.165) is 22.3 Å². The van der Waals surface area contributed by atoms with Crippen molar-refractivity contribution >= 4 is 28.6 Å². The van der Waals surface area contributed by atoms with Gasteiger partial charge in [-0.1, -0.05) is 29.8 Å². The third-order valence-corrected chi connectivity index (χ3v) is 5.39. The van der Waals surface area contributed by atoms with Crippen LogP contribution in [0.3, 0.4) is 0 Å². The lowest BCUT2D eigenvalue weighted by molar-refractivity contribution is 0.646. The highest BCUT2D eigenvalue weighted by Crippen LogP contribution is 2.31. The number of aryl methyl sites for hydroxylation is 2. The predicted octanol–water partition coefficient (Wildman–Crippen LogP) is 3.87. The number of hydrogen-bond donors (Lipinski definition) is 2. The van der Waals surface area contributed by atoms with Crippen molar-refractivity contribution in [2.24, 2.45) is 5.73 Å². The summed E-state index contributed by atoms with van der Waals surface area (Å²) >= 11 is 6.64. The first-order valence-electron chi connectivity index (χ1n) is 10.0. The van der Waals surface area contributed by atoms with Crippen LogP contribution in [0.1, 0.15) is 12.1 Å². The second kappa shape index (κ2) is 8.83. The molecule has 8 heteroatoms. The van der Waals surface area contributed by atoms with E-state index in [1.165, 1.54) is 0 Å². The molecule has 3 aromatic heterocycles. The molecule has 0 amide bonds. The first kappa shape index (κ1) is 21.0. The number of nitrogens with two attached hydrogens (primary N) is 1. The van der Waals surface area contributed by atoms with Crippen LogP contribution in [0.4, 0.5) is 5.95 Å². The first-order valence-corrected chi connectivity index (χ1v) is 10.4. The van der Waals surface area contributed by atoms with Gasteiger partial charge in [0.1, 0.15) is 5.65 Å². The molecule has 7 nitrogen and oxygen atoms in total. The molecule has 3 N–H and O–H groups in total. The largest absolute Gasteiger partial charge is 0.357 e. The molecule has 0 saturated heterocycles. The van der Waals surface area contributed by atoms with Gasteiger partial charge in [0.15, 0.2) is 0 Å². The normalized spacial score (nSPS) is 11.1. The molecule has 0 unspecified atom stereocenters. The number of anilines is 1. The Morgan fingerprint density at radius 1 is 1.13 bits per heavy atom. The van der Waals surface area contributed by atoms with Crippen molar-refractivity contribution in [3.63, 3.8) is 0 Å². The molecule has 1 aromatic carbocycles. The Hall–Kier alpha value is -3.29. The van der Waals surface area contributed by atoms with Crippen LogP contribution in [-0.2, 0) is 6.54 Å². The minimum absolute atomic E-state index is 0.162. The lowest BCUT2D eigenvalue weighted by Gasteiger charge is -2.14. The van der Waals surface area contributed by atoms with Gasteiger partial charge in [0.25, 0.3) is 5.56 Å². The summed E-state index contributed by atoms with van der Waals surface area (Å²) in [6.07, 6.45) is 2.36. The molecular formula is C23H23ClN6O. The molecule has 4 rings (SSSR count). The van der Waals surface area contributed by atoms with E-state index in [1.54, 1.807) is 23.9 Å². The van der Waals surface area contributed by atoms with Crippen LogP contribution in [0.25, 0.3) is 33.4 Å². The van der Waals surface area contributed by atoms with E-state index in [9.17, 15) is 4.79 Å². The van der Waals surface area contributed by atoms with Crippen LogP contribution in [-0.4, -0.2) is 33.1 Å². The van der Waals surface area contributed by atoms with Crippen molar-refractivity contribution < 1.29 is 0 Å². The quantitative estimate of drug-likeness (QED) is 0.478. The Balaban J connectivity index is 1.87. The smallest absolute Gasteiger partial charge is 0.260 e. The van der Waals surface area contributed by atoms with E-state index in [-0.39, 0.29) is 5.56 Å². The van der Waals surface area contributed by atoms with E-state index in [0.29, 0.717) is 47.3 Å². The molecule has 0 aliphatic rings. The SMILES string of the molecule is CNc1ncc2cc(-c3ccc(-c4cccc(C)n4)cc3Cl)c(=O)n(CCCN)c2n1. The van der Waals surface area contributed by atoms with E-state index in [4.69, 9.17) is 17.3 Å². The molecule has 3 heterocycles. The maximum absolute atomic E-state index is 13.4. The van der Waals surface area contributed by atoms with Gasteiger partial charge in [-0.2, -0.15) is 4.98 Å². The molecule has 0 saturated carbocycles. The third-order valence-electron chi connectivity index (χ3n) is 5.08. The Bertz CT molecular complexity index is 1320. The summed E-state index contributed by atoms with van der Waals surface area (Å²) < 4.78 is 1.65. The van der Waals surface area contributed by atoms with Crippen molar-refractivity contribution in [3.8, 4) is 22.4 Å². The van der Waals surface area contributed by atoms with Crippen molar-refractivity contribution in [2.75, 3.05) is 18.9 Å². The molecule has 0 spiro atoms. The fraction of sp³-hybridized carbons (Fsp3) is 0.217. The highest BCUT2D eigenvalue weighted by Gasteiger charge is 2.16. The summed E-state index contributed by atoms with van der Waals surface area (Å²) in [5, 5.41) is 4.15. The third kappa shape index (κ3) is 4.15. The van der Waals surface area contributed by atoms with Crippen LogP contribution < -0.4 is 16.6 Å². The van der Waals surface area contributed by atoms with Gasteiger partial charge in [0, 0.05) is 52.6 Å². The van der Waals surface area contributed by atoms with Crippen molar-refractivity contribution in [1.29, 1.82) is 0 Å². The number of nitrogens with one attached hydrogen (secondary N) is 1. The topological polar surface area (TPSA) is 98.7 Å². The van der Waals surface area contributed by atoms with E-state index in [1.807, 2.05) is 43.3 Å². The molecule has 0 bridgehead atoms. The first-order chi connectivity index (χ1) is 15.0. The average Bonchev–Trinajstić information content (AvgIpc) is 2.78. The minimum atomic E-state index is -0.162. The Labute approximate surface area is 184 Å². The summed E-state index contributed by atoms with van der Waals surface area (Å²) in [4.78, 5) is 26.7. The molecule has 0 fully saturated rings. The zero-order chi connectivity index (χ0) is 22.0. The Morgan fingerprint density at radius 2 is 1.97 bits per heavy atom. The summed E-state index contributed by atoms with van der Waals surface area (Å²) in [7, 11) is 1.74. The zero-order valence-electron chi connectivity index (χ0n) is 17.4. The summed E-state index contributed by atoms with van der Waals surface area (Å²) in [5.41, 5.74) is 9.91. The van der Waals surface area contributed by atoms with Gasteiger partial charge < -0.3 is 11.1 Å². The second-order valence-corrected chi connectivity index (χ2v) is 7.65. The fourth-order valence-electron chi connectivity index (χ4n) is 3.53. The van der Waals surface area contributed by atoms with E-state index >= 15 is 0 Å². The zero-order valence-corrected chi connectivity index (χ0v) is 18.1. The highest BCUT2D eigenvalue weighted by molar-refractivity contribution is 6.33. The van der Waals surface area contributed by atoms with Crippen LogP contribution in [0.15, 0.2) is 53.5 Å². The van der Waals surface area contributed by atoms with E-state index in [2.05, 4.69) is 20.3 Å². The van der Waals surface area contributed by atoms with Gasteiger partial charge in [0.05, 0.1) is 5.69 Å². The second-order valence-electron chi connectivity index (χ2n) is 7.24. The number of nitrogens with zero attached hydrogens (tertiary/aromatic N) is 4. The maximum Gasteiger partial charge on any atom is 0.260 e. The molecule has 4 aromatic rings. The lowest BCUT2D eigenvalue weighted by Crippen LogP contribution is -2.24. The molecule has 0 aliphatic heterocycles. The molecular weight excluding hydrogens is 412 g/mol. The number of hydrogen-bond acceptors (Lipinski definition) is 6. The van der Waals surface area contributed by atoms with Gasteiger partial charge >= 0.3 is 0 Å². The standard InChI is InChI=1S/C23H23ClN6O/c1-14-5-3-6-20(28-14)15-7-8-17(19(24)12-15)18-11-16-13-27-23(26-2)29-21(16)30(22(18)31)10-4-9-25/h3,5-8,11-13H,4,9-10,25H2,1-2H3,(H,26,27,29). The summed E-state index contributed by atoms with van der Waals surface area (Å²) in [6, 6.07) is 13.3. The molecule has 0 atom stereocenters. The molecule has 0 aliphatic carbocycles. The number of rotatable bonds is 6. The molecule has 158 valence electrons. The molecule has 31 heavy (non-hydrogen) atoms. The number of fused-ring (bicyclic) bond motifs is 1. The van der Waals surface area contributed by atoms with Crippen molar-refractivity contribution in [3.05, 3.63) is 69.7 Å². The van der Waals surface area contributed by atoms with E-state index < -0.39 is 0 Å². The number of aromatic nitrogens is 4. The number of halogens is 1. The molecule has 0 radical (unpaired) electrons. The van der Waals surface area contributed by atoms with Crippen molar-refractivity contribution in [2.45, 2.75) is 19.9 Å². The van der Waals surface area contributed by atoms with Gasteiger partial charge in [-0.05, 0) is 44.2 Å². The number of benzene rings is 1. The summed E-state index contributed by atoms with van der Waals surface area (Å²) in [6.45, 7) is 2.88. The van der Waals surface area contributed by atoms with Crippen LogP contribution >= 0.6 is 11.6 Å². The summed E-state index contributed by atoms with van der Waals surface area (Å²) in [5.74, 6) is 0.453. The van der Waals surface area contributed by atoms with Gasteiger partial charge in [-0.15, -0.1) is 0 Å². The number of pyridine rings is 2. The van der Waals surface area contributed by atoms with Crippen LogP contribution in [0, 0.1) is 6.92 Å². The van der Waals surface area contributed by atoms with Gasteiger partial charge in [-0.25, -0.2) is 4.98 Å². The lowest BCUT2D eigenvalue weighted by atomic mass is 10.0. The maximum atomic E-state index is 13.4. The van der Waals surface area contributed by atoms with Crippen LogP contribution in [0.2, 0.25) is 5.02 Å². The Morgan fingerprint density at radius 3 is 2.68 bits per heavy atom. The highest BCUT2D eigenvalue weighted by atomic mass is 35.5. The fourth-order valence-corrected chi connectivity index (χ4v) is 3.81. The predicted molar refractivity (Wildman–Crippen MR) is 125 cm³/mol. The van der Waals surface area contributed by atoms with Gasteiger partial charge in [0.2, 0.25) is 5.95 Å². The minimum Gasteiger partial charge on any atom is -0.357 e. The average molecular weight is 435 g/mol. The Kier molecular flexibility index (Phi) is 5.97. The van der Waals surface area contributed by atoms with Gasteiger partial charge in [-0.3, -0.25) is 14.3 Å². The van der Waals surface area contributed by atoms with Crippen LogP contribution in [0.5, 0.6) is 0 Å².